The highest BCUT2D eigenvalue weighted by molar-refractivity contribution is 5.84. The van der Waals surface area contributed by atoms with E-state index in [0.29, 0.717) is 47.6 Å². The fraction of sp³-hybridized carbons (Fsp3) is 0.583. The number of ketones is 1. The molecule has 0 unspecified atom stereocenters. The molecule has 0 radical (unpaired) electrons. The number of rotatable bonds is 5. The molecule has 0 N–H and O–H groups in total. The molecule has 1 aliphatic heterocycles. The minimum absolute atomic E-state index is 0.363. The highest BCUT2D eigenvalue weighted by Crippen LogP contribution is 2.42. The number of fused-ring (bicyclic) bond motifs is 1. The number of likely N-dealkylation sites (N-methyl/N-ethyl adjacent to an activating group) is 1. The number of carbonyl (C=O) groups excluding carboxylic acids is 1. The summed E-state index contributed by atoms with van der Waals surface area (Å²) in [5.41, 5.74) is 3.29. The van der Waals surface area contributed by atoms with Crippen LogP contribution in [0.15, 0.2) is 24.5 Å². The Morgan fingerprint density at radius 2 is 1.83 bits per heavy atom. The Hall–Kier alpha value is -2.36. The minimum atomic E-state index is 0.363. The van der Waals surface area contributed by atoms with Crippen LogP contribution in [-0.2, 0) is 4.79 Å². The highest BCUT2D eigenvalue weighted by atomic mass is 16.1. The lowest BCUT2D eigenvalue weighted by atomic mass is 9.71. The highest BCUT2D eigenvalue weighted by Gasteiger charge is 2.31. The van der Waals surface area contributed by atoms with Gasteiger partial charge in [-0.25, -0.2) is 0 Å². The Morgan fingerprint density at radius 3 is 2.57 bits per heavy atom. The standard InChI is InChI=1S/C24H31N5O/c1-17-11-18(14-21(30)16-29-9-7-28(2)8-10-29)13-20(12-17)22-4-3-19(15-25)23-24(22)27-6-5-26-23/h3-6,17-18,20H,7-14,16H2,1-2H3/t17-,18+,20-/m0/s1. The molecule has 2 heterocycles. The topological polar surface area (TPSA) is 73.1 Å². The fourth-order valence-corrected chi connectivity index (χ4v) is 5.31. The first-order valence-corrected chi connectivity index (χ1v) is 11.1. The summed E-state index contributed by atoms with van der Waals surface area (Å²) in [4.78, 5) is 26.4. The van der Waals surface area contributed by atoms with E-state index in [1.54, 1.807) is 12.4 Å². The summed E-state index contributed by atoms with van der Waals surface area (Å²) in [5.74, 6) is 1.73. The number of carbonyl (C=O) groups is 1. The average molecular weight is 406 g/mol. The number of benzene rings is 1. The van der Waals surface area contributed by atoms with Crippen molar-refractivity contribution < 1.29 is 4.79 Å². The number of nitriles is 1. The van der Waals surface area contributed by atoms with Crippen LogP contribution in [0.1, 0.15) is 49.7 Å². The second-order valence-corrected chi connectivity index (χ2v) is 9.27. The van der Waals surface area contributed by atoms with Gasteiger partial charge >= 0.3 is 0 Å². The first-order valence-electron chi connectivity index (χ1n) is 11.1. The number of aromatic nitrogens is 2. The molecule has 0 bridgehead atoms. The Morgan fingerprint density at radius 1 is 1.10 bits per heavy atom. The first kappa shape index (κ1) is 20.9. The third kappa shape index (κ3) is 4.69. The molecular weight excluding hydrogens is 374 g/mol. The molecule has 4 rings (SSSR count). The summed E-state index contributed by atoms with van der Waals surface area (Å²) in [6.45, 7) is 6.95. The van der Waals surface area contributed by atoms with Gasteiger partial charge in [-0.1, -0.05) is 13.0 Å². The third-order valence-electron chi connectivity index (χ3n) is 6.77. The van der Waals surface area contributed by atoms with Gasteiger partial charge in [-0.05, 0) is 55.7 Å². The zero-order valence-corrected chi connectivity index (χ0v) is 18.0. The van der Waals surface area contributed by atoms with Gasteiger partial charge in [0.2, 0.25) is 0 Å². The third-order valence-corrected chi connectivity index (χ3v) is 6.77. The summed E-state index contributed by atoms with van der Waals surface area (Å²) in [6, 6.07) is 6.16. The Bertz CT molecular complexity index is 944. The zero-order valence-electron chi connectivity index (χ0n) is 18.0. The molecule has 30 heavy (non-hydrogen) atoms. The summed E-state index contributed by atoms with van der Waals surface area (Å²) < 4.78 is 0. The minimum Gasteiger partial charge on any atom is -0.304 e. The van der Waals surface area contributed by atoms with Crippen molar-refractivity contribution in [2.24, 2.45) is 11.8 Å². The van der Waals surface area contributed by atoms with Crippen molar-refractivity contribution >= 4 is 16.8 Å². The van der Waals surface area contributed by atoms with E-state index in [2.05, 4.69) is 45.9 Å². The number of nitrogens with zero attached hydrogens (tertiary/aromatic N) is 5. The Labute approximate surface area is 178 Å². The lowest BCUT2D eigenvalue weighted by molar-refractivity contribution is -0.121. The second-order valence-electron chi connectivity index (χ2n) is 9.27. The second kappa shape index (κ2) is 9.20. The monoisotopic (exact) mass is 405 g/mol. The molecule has 1 saturated heterocycles. The van der Waals surface area contributed by atoms with Crippen LogP contribution >= 0.6 is 0 Å². The fourth-order valence-electron chi connectivity index (χ4n) is 5.31. The maximum Gasteiger partial charge on any atom is 0.147 e. The molecule has 3 atom stereocenters. The quantitative estimate of drug-likeness (QED) is 0.760. The van der Waals surface area contributed by atoms with Gasteiger partial charge in [-0.15, -0.1) is 0 Å². The van der Waals surface area contributed by atoms with Crippen LogP contribution in [0, 0.1) is 23.2 Å². The molecule has 2 aromatic rings. The van der Waals surface area contributed by atoms with Crippen molar-refractivity contribution in [2.45, 2.75) is 38.5 Å². The van der Waals surface area contributed by atoms with Crippen molar-refractivity contribution in [3.05, 3.63) is 35.7 Å². The molecule has 1 aromatic carbocycles. The van der Waals surface area contributed by atoms with E-state index in [0.717, 1.165) is 51.0 Å². The molecule has 0 amide bonds. The summed E-state index contributed by atoms with van der Waals surface area (Å²) in [7, 11) is 2.14. The van der Waals surface area contributed by atoms with E-state index in [1.165, 1.54) is 5.56 Å². The summed E-state index contributed by atoms with van der Waals surface area (Å²) in [5, 5.41) is 9.41. The molecule has 2 fully saturated rings. The van der Waals surface area contributed by atoms with E-state index >= 15 is 0 Å². The molecule has 1 aliphatic carbocycles. The summed E-state index contributed by atoms with van der Waals surface area (Å²) >= 11 is 0. The zero-order chi connectivity index (χ0) is 21.1. The maximum absolute atomic E-state index is 12.8. The average Bonchev–Trinajstić information content (AvgIpc) is 2.74. The van der Waals surface area contributed by atoms with E-state index in [1.807, 2.05) is 6.07 Å². The Balaban J connectivity index is 1.46. The summed E-state index contributed by atoms with van der Waals surface area (Å²) in [6.07, 6.45) is 7.25. The molecule has 6 heteroatoms. The lowest BCUT2D eigenvalue weighted by Gasteiger charge is -2.35. The van der Waals surface area contributed by atoms with Crippen molar-refractivity contribution in [1.82, 2.24) is 19.8 Å². The van der Waals surface area contributed by atoms with Crippen molar-refractivity contribution in [3.8, 4) is 6.07 Å². The number of hydrogen-bond acceptors (Lipinski definition) is 6. The smallest absolute Gasteiger partial charge is 0.147 e. The first-order chi connectivity index (χ1) is 14.5. The van der Waals surface area contributed by atoms with Crippen LogP contribution in [-0.4, -0.2) is 65.3 Å². The Kier molecular flexibility index (Phi) is 6.40. The van der Waals surface area contributed by atoms with Crippen LogP contribution in [0.25, 0.3) is 11.0 Å². The van der Waals surface area contributed by atoms with Gasteiger partial charge < -0.3 is 4.90 Å². The van der Waals surface area contributed by atoms with Gasteiger partial charge in [0.1, 0.15) is 17.4 Å². The van der Waals surface area contributed by atoms with Gasteiger partial charge in [0, 0.05) is 45.0 Å². The lowest BCUT2D eigenvalue weighted by Crippen LogP contribution is -2.46. The van der Waals surface area contributed by atoms with Crippen LogP contribution in [0.2, 0.25) is 0 Å². The molecular formula is C24H31N5O. The number of hydrogen-bond donors (Lipinski definition) is 0. The van der Waals surface area contributed by atoms with Gasteiger partial charge in [-0.2, -0.15) is 5.26 Å². The van der Waals surface area contributed by atoms with E-state index in [4.69, 9.17) is 0 Å². The normalized spacial score (nSPS) is 25.8. The van der Waals surface area contributed by atoms with Crippen molar-refractivity contribution in [3.63, 3.8) is 0 Å². The van der Waals surface area contributed by atoms with Gasteiger partial charge in [0.25, 0.3) is 0 Å². The number of piperazine rings is 1. The molecule has 1 aromatic heterocycles. The molecule has 6 nitrogen and oxygen atoms in total. The maximum atomic E-state index is 12.8. The van der Waals surface area contributed by atoms with Gasteiger partial charge in [0.15, 0.2) is 0 Å². The largest absolute Gasteiger partial charge is 0.304 e. The molecule has 158 valence electrons. The van der Waals surface area contributed by atoms with Gasteiger partial charge in [0.05, 0.1) is 17.6 Å². The molecule has 0 spiro atoms. The van der Waals surface area contributed by atoms with Gasteiger partial charge in [-0.3, -0.25) is 19.7 Å². The molecule has 2 aliphatic rings. The van der Waals surface area contributed by atoms with Crippen LogP contribution in [0.3, 0.4) is 0 Å². The van der Waals surface area contributed by atoms with E-state index in [-0.39, 0.29) is 0 Å². The molecule has 1 saturated carbocycles. The van der Waals surface area contributed by atoms with Crippen LogP contribution < -0.4 is 0 Å². The van der Waals surface area contributed by atoms with Crippen LogP contribution in [0.5, 0.6) is 0 Å². The van der Waals surface area contributed by atoms with E-state index < -0.39 is 0 Å². The SMILES string of the molecule is C[C@H]1C[C@@H](CC(=O)CN2CCN(C)CC2)C[C@@H](c2ccc(C#N)c3nccnc23)C1. The van der Waals surface area contributed by atoms with Crippen molar-refractivity contribution in [1.29, 1.82) is 5.26 Å². The van der Waals surface area contributed by atoms with E-state index in [9.17, 15) is 10.1 Å². The van der Waals surface area contributed by atoms with Crippen molar-refractivity contribution in [2.75, 3.05) is 39.8 Å². The predicted molar refractivity (Wildman–Crippen MR) is 117 cm³/mol. The number of Topliss-reactive ketones (excluding diaryl/α,β-unsaturated/α-hetero) is 1. The van der Waals surface area contributed by atoms with Crippen LogP contribution in [0.4, 0.5) is 0 Å². The predicted octanol–water partition coefficient (Wildman–Crippen LogP) is 3.23.